The summed E-state index contributed by atoms with van der Waals surface area (Å²) in [5.74, 6) is 1.29. The number of carbonyl (C=O) groups is 1. The van der Waals surface area contributed by atoms with Gasteiger partial charge in [-0.1, -0.05) is 13.8 Å². The fourth-order valence-corrected chi connectivity index (χ4v) is 1.66. The molecule has 2 amide bonds. The summed E-state index contributed by atoms with van der Waals surface area (Å²) in [5, 5.41) is 0. The van der Waals surface area contributed by atoms with Crippen molar-refractivity contribution in [2.75, 3.05) is 26.7 Å². The Bertz CT molecular complexity index is 183. The summed E-state index contributed by atoms with van der Waals surface area (Å²) in [5.41, 5.74) is 0. The van der Waals surface area contributed by atoms with E-state index in [9.17, 15) is 4.79 Å². The van der Waals surface area contributed by atoms with Gasteiger partial charge in [-0.2, -0.15) is 0 Å². The number of hydrogen-bond acceptors (Lipinski definition) is 1. The summed E-state index contributed by atoms with van der Waals surface area (Å²) in [6.45, 7) is 9.06. The molecule has 0 aromatic carbocycles. The highest BCUT2D eigenvalue weighted by Crippen LogP contribution is 2.22. The summed E-state index contributed by atoms with van der Waals surface area (Å²) in [4.78, 5) is 15.4. The van der Waals surface area contributed by atoms with Gasteiger partial charge in [0.2, 0.25) is 0 Å². The Kier molecular flexibility index (Phi) is 3.17. The van der Waals surface area contributed by atoms with E-state index in [1.807, 2.05) is 18.9 Å². The van der Waals surface area contributed by atoms with Crippen LogP contribution >= 0.6 is 0 Å². The highest BCUT2D eigenvalue weighted by Gasteiger charge is 2.30. The van der Waals surface area contributed by atoms with Crippen LogP contribution in [-0.4, -0.2) is 42.5 Å². The molecule has 0 spiro atoms. The largest absolute Gasteiger partial charge is 0.328 e. The Hall–Kier alpha value is -0.730. The maximum atomic E-state index is 11.7. The first-order valence-electron chi connectivity index (χ1n) is 5.06. The van der Waals surface area contributed by atoms with Crippen LogP contribution in [0, 0.1) is 11.8 Å². The highest BCUT2D eigenvalue weighted by atomic mass is 16.2. The van der Waals surface area contributed by atoms with E-state index in [0.29, 0.717) is 11.8 Å². The molecule has 1 heterocycles. The van der Waals surface area contributed by atoms with Gasteiger partial charge in [0, 0.05) is 26.7 Å². The van der Waals surface area contributed by atoms with Crippen LogP contribution in [0.2, 0.25) is 0 Å². The SMILES string of the molecule is CCN(C)C(=O)N1CC(C)C(C)C1. The van der Waals surface area contributed by atoms with Crippen molar-refractivity contribution in [3.8, 4) is 0 Å². The van der Waals surface area contributed by atoms with E-state index in [0.717, 1.165) is 19.6 Å². The van der Waals surface area contributed by atoms with E-state index in [-0.39, 0.29) is 6.03 Å². The third-order valence-corrected chi connectivity index (χ3v) is 3.06. The van der Waals surface area contributed by atoms with Crippen molar-refractivity contribution in [1.29, 1.82) is 0 Å². The van der Waals surface area contributed by atoms with Gasteiger partial charge in [0.05, 0.1) is 0 Å². The van der Waals surface area contributed by atoms with Gasteiger partial charge in [-0.15, -0.1) is 0 Å². The van der Waals surface area contributed by atoms with Gasteiger partial charge in [0.25, 0.3) is 0 Å². The van der Waals surface area contributed by atoms with Gasteiger partial charge in [0.1, 0.15) is 0 Å². The van der Waals surface area contributed by atoms with E-state index in [4.69, 9.17) is 0 Å². The van der Waals surface area contributed by atoms with Gasteiger partial charge >= 0.3 is 6.03 Å². The summed E-state index contributed by atoms with van der Waals surface area (Å²) in [6, 6.07) is 0.179. The first-order chi connectivity index (χ1) is 6.06. The lowest BCUT2D eigenvalue weighted by atomic mass is 10.0. The molecule has 1 aliphatic rings. The maximum Gasteiger partial charge on any atom is 0.319 e. The maximum absolute atomic E-state index is 11.7. The van der Waals surface area contributed by atoms with E-state index in [1.54, 1.807) is 4.90 Å². The molecule has 2 atom stereocenters. The van der Waals surface area contributed by atoms with Crippen molar-refractivity contribution in [3.05, 3.63) is 0 Å². The first kappa shape index (κ1) is 10.4. The Morgan fingerprint density at radius 2 is 1.85 bits per heavy atom. The van der Waals surface area contributed by atoms with Gasteiger partial charge < -0.3 is 9.80 Å². The first-order valence-corrected chi connectivity index (χ1v) is 5.06. The van der Waals surface area contributed by atoms with Crippen molar-refractivity contribution >= 4 is 6.03 Å². The number of amides is 2. The fraction of sp³-hybridized carbons (Fsp3) is 0.900. The van der Waals surface area contributed by atoms with Crippen LogP contribution in [0.25, 0.3) is 0 Å². The molecule has 1 rings (SSSR count). The van der Waals surface area contributed by atoms with Crippen LogP contribution in [0.5, 0.6) is 0 Å². The number of hydrogen-bond donors (Lipinski definition) is 0. The van der Waals surface area contributed by atoms with Gasteiger partial charge in [0.15, 0.2) is 0 Å². The third kappa shape index (κ3) is 2.14. The Morgan fingerprint density at radius 1 is 1.38 bits per heavy atom. The number of nitrogens with zero attached hydrogens (tertiary/aromatic N) is 2. The Balaban J connectivity index is 2.50. The lowest BCUT2D eigenvalue weighted by Gasteiger charge is -2.23. The fourth-order valence-electron chi connectivity index (χ4n) is 1.66. The second-order valence-corrected chi connectivity index (χ2v) is 4.16. The van der Waals surface area contributed by atoms with Crippen LogP contribution in [0.4, 0.5) is 4.79 Å². The van der Waals surface area contributed by atoms with Crippen molar-refractivity contribution in [2.24, 2.45) is 11.8 Å². The molecule has 0 radical (unpaired) electrons. The van der Waals surface area contributed by atoms with Gasteiger partial charge in [-0.3, -0.25) is 0 Å². The molecule has 13 heavy (non-hydrogen) atoms. The minimum Gasteiger partial charge on any atom is -0.328 e. The molecule has 3 heteroatoms. The van der Waals surface area contributed by atoms with Gasteiger partial charge in [-0.05, 0) is 18.8 Å². The zero-order valence-electron chi connectivity index (χ0n) is 9.08. The van der Waals surface area contributed by atoms with E-state index in [1.165, 1.54) is 0 Å². The van der Waals surface area contributed by atoms with E-state index in [2.05, 4.69) is 13.8 Å². The van der Waals surface area contributed by atoms with Gasteiger partial charge in [-0.25, -0.2) is 4.79 Å². The van der Waals surface area contributed by atoms with Crippen molar-refractivity contribution in [2.45, 2.75) is 20.8 Å². The van der Waals surface area contributed by atoms with Crippen LogP contribution in [0.15, 0.2) is 0 Å². The average Bonchev–Trinajstić information content (AvgIpc) is 2.44. The van der Waals surface area contributed by atoms with Crippen molar-refractivity contribution in [3.63, 3.8) is 0 Å². The van der Waals surface area contributed by atoms with Crippen LogP contribution < -0.4 is 0 Å². The molecule has 0 aromatic heterocycles. The molecule has 0 saturated carbocycles. The molecule has 1 fully saturated rings. The van der Waals surface area contributed by atoms with Crippen LogP contribution in [0.1, 0.15) is 20.8 Å². The zero-order valence-corrected chi connectivity index (χ0v) is 9.08. The zero-order chi connectivity index (χ0) is 10.0. The molecule has 1 aliphatic heterocycles. The number of rotatable bonds is 1. The third-order valence-electron chi connectivity index (χ3n) is 3.06. The smallest absolute Gasteiger partial charge is 0.319 e. The molecular formula is C10H20N2O. The summed E-state index contributed by atoms with van der Waals surface area (Å²) in [6.07, 6.45) is 0. The van der Waals surface area contributed by atoms with E-state index < -0.39 is 0 Å². The highest BCUT2D eigenvalue weighted by molar-refractivity contribution is 5.74. The van der Waals surface area contributed by atoms with Crippen LogP contribution in [-0.2, 0) is 0 Å². The summed E-state index contributed by atoms with van der Waals surface area (Å²) < 4.78 is 0. The molecule has 3 nitrogen and oxygen atoms in total. The second-order valence-electron chi connectivity index (χ2n) is 4.16. The number of urea groups is 1. The standard InChI is InChI=1S/C10H20N2O/c1-5-11(4)10(13)12-6-8(2)9(3)7-12/h8-9H,5-7H2,1-4H3. The number of carbonyl (C=O) groups excluding carboxylic acids is 1. The predicted molar refractivity (Wildman–Crippen MR) is 53.6 cm³/mol. The van der Waals surface area contributed by atoms with Crippen LogP contribution in [0.3, 0.4) is 0 Å². The molecule has 0 aliphatic carbocycles. The Labute approximate surface area is 80.7 Å². The molecule has 76 valence electrons. The summed E-state index contributed by atoms with van der Waals surface area (Å²) in [7, 11) is 1.86. The Morgan fingerprint density at radius 3 is 2.23 bits per heavy atom. The molecule has 0 bridgehead atoms. The molecule has 0 aromatic rings. The molecule has 2 unspecified atom stereocenters. The molecule has 1 saturated heterocycles. The molecular weight excluding hydrogens is 164 g/mol. The normalized spacial score (nSPS) is 27.8. The minimum absolute atomic E-state index is 0.179. The monoisotopic (exact) mass is 184 g/mol. The summed E-state index contributed by atoms with van der Waals surface area (Å²) >= 11 is 0. The van der Waals surface area contributed by atoms with Crippen molar-refractivity contribution < 1.29 is 4.79 Å². The second kappa shape index (κ2) is 3.99. The lowest BCUT2D eigenvalue weighted by molar-refractivity contribution is 0.173. The van der Waals surface area contributed by atoms with E-state index >= 15 is 0 Å². The predicted octanol–water partition coefficient (Wildman–Crippen LogP) is 1.65. The lowest BCUT2D eigenvalue weighted by Crippen LogP contribution is -2.39. The number of likely N-dealkylation sites (tertiary alicyclic amines) is 1. The van der Waals surface area contributed by atoms with Crippen molar-refractivity contribution in [1.82, 2.24) is 9.80 Å². The topological polar surface area (TPSA) is 23.6 Å². The minimum atomic E-state index is 0.179. The molecule has 0 N–H and O–H groups in total. The average molecular weight is 184 g/mol. The quantitative estimate of drug-likeness (QED) is 0.608.